The first-order valence-corrected chi connectivity index (χ1v) is 9.48. The fourth-order valence-corrected chi connectivity index (χ4v) is 2.85. The second-order valence-corrected chi connectivity index (χ2v) is 7.21. The molecule has 2 amide bonds. The van der Waals surface area contributed by atoms with Gasteiger partial charge in [-0.1, -0.05) is 24.3 Å². The molecule has 0 aliphatic carbocycles. The van der Waals surface area contributed by atoms with Crippen molar-refractivity contribution in [3.05, 3.63) is 65.0 Å². The predicted molar refractivity (Wildman–Crippen MR) is 109 cm³/mol. The second-order valence-electron chi connectivity index (χ2n) is 7.21. The SMILES string of the molecule is Cc1cccc(NC(=O)C[NH+](C)[C@@H](C)C(=O)NCCc2ccc(F)cc2)c1C. The van der Waals surface area contributed by atoms with Gasteiger partial charge in [-0.3, -0.25) is 9.59 Å². The van der Waals surface area contributed by atoms with Crippen molar-refractivity contribution in [1.82, 2.24) is 5.32 Å². The third-order valence-corrected chi connectivity index (χ3v) is 5.08. The van der Waals surface area contributed by atoms with Gasteiger partial charge in [-0.15, -0.1) is 0 Å². The molecule has 2 rings (SSSR count). The Bertz CT molecular complexity index is 821. The first-order valence-electron chi connectivity index (χ1n) is 9.48. The van der Waals surface area contributed by atoms with Gasteiger partial charge in [-0.05, 0) is 62.1 Å². The van der Waals surface area contributed by atoms with Gasteiger partial charge in [0.15, 0.2) is 12.6 Å². The molecule has 1 unspecified atom stereocenters. The molecule has 0 radical (unpaired) electrons. The van der Waals surface area contributed by atoms with Crippen molar-refractivity contribution in [3.63, 3.8) is 0 Å². The Morgan fingerprint density at radius 3 is 2.46 bits per heavy atom. The van der Waals surface area contributed by atoms with Gasteiger partial charge in [0.1, 0.15) is 5.82 Å². The Kier molecular flexibility index (Phi) is 7.70. The number of benzene rings is 2. The van der Waals surface area contributed by atoms with Gasteiger partial charge in [0, 0.05) is 12.2 Å². The van der Waals surface area contributed by atoms with Gasteiger partial charge in [-0.25, -0.2) is 4.39 Å². The highest BCUT2D eigenvalue weighted by Crippen LogP contribution is 2.17. The highest BCUT2D eigenvalue weighted by atomic mass is 19.1. The van der Waals surface area contributed by atoms with Crippen LogP contribution in [-0.4, -0.2) is 38.0 Å². The van der Waals surface area contributed by atoms with Crippen LogP contribution in [0.2, 0.25) is 0 Å². The van der Waals surface area contributed by atoms with Crippen LogP contribution in [0.5, 0.6) is 0 Å². The lowest BCUT2D eigenvalue weighted by Gasteiger charge is -2.21. The summed E-state index contributed by atoms with van der Waals surface area (Å²) in [4.78, 5) is 25.5. The number of carbonyl (C=O) groups excluding carboxylic acids is 2. The molecule has 0 saturated carbocycles. The maximum atomic E-state index is 12.9. The zero-order chi connectivity index (χ0) is 20.7. The lowest BCUT2D eigenvalue weighted by molar-refractivity contribution is -0.885. The maximum absolute atomic E-state index is 12.9. The number of quaternary nitrogens is 1. The average molecular weight is 386 g/mol. The average Bonchev–Trinajstić information content (AvgIpc) is 2.66. The Hall–Kier alpha value is -2.73. The Morgan fingerprint density at radius 1 is 1.11 bits per heavy atom. The van der Waals surface area contributed by atoms with Crippen LogP contribution < -0.4 is 15.5 Å². The van der Waals surface area contributed by atoms with Crippen LogP contribution in [-0.2, 0) is 16.0 Å². The van der Waals surface area contributed by atoms with Crippen molar-refractivity contribution >= 4 is 17.5 Å². The van der Waals surface area contributed by atoms with Gasteiger partial charge in [0.2, 0.25) is 0 Å². The predicted octanol–water partition coefficient (Wildman–Crippen LogP) is 1.64. The number of nitrogens with one attached hydrogen (secondary N) is 3. The topological polar surface area (TPSA) is 62.6 Å². The number of hydrogen-bond donors (Lipinski definition) is 3. The van der Waals surface area contributed by atoms with Crippen molar-refractivity contribution in [1.29, 1.82) is 0 Å². The van der Waals surface area contributed by atoms with Crippen molar-refractivity contribution in [3.8, 4) is 0 Å². The van der Waals surface area contributed by atoms with Crippen LogP contribution in [0.1, 0.15) is 23.6 Å². The highest BCUT2D eigenvalue weighted by molar-refractivity contribution is 5.92. The summed E-state index contributed by atoms with van der Waals surface area (Å²) >= 11 is 0. The van der Waals surface area contributed by atoms with E-state index in [-0.39, 0.29) is 30.2 Å². The van der Waals surface area contributed by atoms with E-state index in [0.29, 0.717) is 13.0 Å². The van der Waals surface area contributed by atoms with Crippen molar-refractivity contribution in [2.24, 2.45) is 0 Å². The minimum atomic E-state index is -0.363. The molecule has 0 saturated heterocycles. The number of rotatable bonds is 8. The van der Waals surface area contributed by atoms with E-state index >= 15 is 0 Å². The molecule has 6 heteroatoms. The molecular formula is C22H29FN3O2+. The second kappa shape index (κ2) is 9.99. The molecular weight excluding hydrogens is 357 g/mol. The van der Waals surface area contributed by atoms with E-state index in [1.807, 2.05) is 39.1 Å². The zero-order valence-electron chi connectivity index (χ0n) is 16.9. The van der Waals surface area contributed by atoms with E-state index in [1.54, 1.807) is 19.1 Å². The molecule has 0 bridgehead atoms. The lowest BCUT2D eigenvalue weighted by Crippen LogP contribution is -3.15. The molecule has 2 aromatic rings. The first-order chi connectivity index (χ1) is 13.3. The van der Waals surface area contributed by atoms with Crippen LogP contribution in [0.4, 0.5) is 10.1 Å². The summed E-state index contributed by atoms with van der Waals surface area (Å²) in [6, 6.07) is 11.7. The van der Waals surface area contributed by atoms with E-state index in [9.17, 15) is 14.0 Å². The summed E-state index contributed by atoms with van der Waals surface area (Å²) in [5.74, 6) is -0.512. The molecule has 150 valence electrons. The fourth-order valence-electron chi connectivity index (χ4n) is 2.85. The summed E-state index contributed by atoms with van der Waals surface area (Å²) in [6.45, 7) is 6.43. The molecule has 5 nitrogen and oxygen atoms in total. The van der Waals surface area contributed by atoms with Crippen molar-refractivity contribution < 1.29 is 18.9 Å². The molecule has 2 atom stereocenters. The van der Waals surface area contributed by atoms with Gasteiger partial charge in [-0.2, -0.15) is 0 Å². The molecule has 28 heavy (non-hydrogen) atoms. The molecule has 0 heterocycles. The van der Waals surface area contributed by atoms with E-state index in [1.165, 1.54) is 12.1 Å². The largest absolute Gasteiger partial charge is 0.351 e. The summed E-state index contributed by atoms with van der Waals surface area (Å²) in [7, 11) is 1.83. The van der Waals surface area contributed by atoms with E-state index in [0.717, 1.165) is 27.3 Å². The van der Waals surface area contributed by atoms with E-state index in [4.69, 9.17) is 0 Å². The minimum Gasteiger partial charge on any atom is -0.351 e. The summed E-state index contributed by atoms with van der Waals surface area (Å²) in [5.41, 5.74) is 3.92. The molecule has 0 aliphatic rings. The van der Waals surface area contributed by atoms with Gasteiger partial charge in [0.25, 0.3) is 11.8 Å². The Labute approximate surface area is 165 Å². The molecule has 3 N–H and O–H groups in total. The van der Waals surface area contributed by atoms with Crippen LogP contribution in [0.15, 0.2) is 42.5 Å². The number of amides is 2. The number of halogens is 1. The van der Waals surface area contributed by atoms with Crippen molar-refractivity contribution in [2.45, 2.75) is 33.2 Å². The van der Waals surface area contributed by atoms with Gasteiger partial charge < -0.3 is 15.5 Å². The van der Waals surface area contributed by atoms with E-state index < -0.39 is 0 Å². The normalized spacial score (nSPS) is 12.9. The highest BCUT2D eigenvalue weighted by Gasteiger charge is 2.23. The fraction of sp³-hybridized carbons (Fsp3) is 0.364. The quantitative estimate of drug-likeness (QED) is 0.646. The van der Waals surface area contributed by atoms with Crippen LogP contribution >= 0.6 is 0 Å². The minimum absolute atomic E-state index is 0.112. The number of likely N-dealkylation sites (N-methyl/N-ethyl adjacent to an activating group) is 1. The maximum Gasteiger partial charge on any atom is 0.279 e. The van der Waals surface area contributed by atoms with Crippen LogP contribution in [0.3, 0.4) is 0 Å². The third-order valence-electron chi connectivity index (χ3n) is 5.08. The molecule has 0 fully saturated rings. The van der Waals surface area contributed by atoms with Gasteiger partial charge in [0.05, 0.1) is 7.05 Å². The Balaban J connectivity index is 1.79. The molecule has 0 aromatic heterocycles. The number of carbonyl (C=O) groups is 2. The van der Waals surface area contributed by atoms with Gasteiger partial charge >= 0.3 is 0 Å². The lowest BCUT2D eigenvalue weighted by atomic mass is 10.1. The van der Waals surface area contributed by atoms with Crippen LogP contribution in [0, 0.1) is 19.7 Å². The molecule has 0 aliphatic heterocycles. The third kappa shape index (κ3) is 6.16. The Morgan fingerprint density at radius 2 is 1.79 bits per heavy atom. The number of hydrogen-bond acceptors (Lipinski definition) is 2. The summed E-state index contributed by atoms with van der Waals surface area (Å²) in [5, 5.41) is 5.80. The zero-order valence-corrected chi connectivity index (χ0v) is 16.9. The number of aryl methyl sites for hydroxylation is 1. The van der Waals surface area contributed by atoms with Crippen molar-refractivity contribution in [2.75, 3.05) is 25.5 Å². The standard InChI is InChI=1S/C22H28FN3O2/c1-15-6-5-7-20(16(15)2)25-21(27)14-26(4)17(3)22(28)24-13-12-18-8-10-19(23)11-9-18/h5-11,17H,12-14H2,1-4H3,(H,24,28)(H,25,27)/p+1/t17-/m0/s1. The van der Waals surface area contributed by atoms with E-state index in [2.05, 4.69) is 10.6 Å². The van der Waals surface area contributed by atoms with Crippen LogP contribution in [0.25, 0.3) is 0 Å². The monoisotopic (exact) mass is 386 g/mol. The number of anilines is 1. The molecule has 2 aromatic carbocycles. The smallest absolute Gasteiger partial charge is 0.279 e. The molecule has 0 spiro atoms. The summed E-state index contributed by atoms with van der Waals surface area (Å²) in [6.07, 6.45) is 0.630. The summed E-state index contributed by atoms with van der Waals surface area (Å²) < 4.78 is 12.9. The first kappa shape index (κ1) is 21.6.